The quantitative estimate of drug-likeness (QED) is 0.627. The first kappa shape index (κ1) is 24.1. The Hall–Kier alpha value is -0.920. The molecule has 142 valence electrons. The molecular formula is C15H22Cl4N4O2. The molecule has 10 heteroatoms. The zero-order valence-electron chi connectivity index (χ0n) is 13.7. The van der Waals surface area contributed by atoms with Gasteiger partial charge in [-0.3, -0.25) is 4.79 Å². The molecule has 0 spiro atoms. The average Bonchev–Trinajstić information content (AvgIpc) is 2.82. The standard InChI is InChI=1S/C15H20Cl2N4O2.2ClH/c1-20-13-3-2-10(21(6-4-16)7-5-17)8-12(13)19-14(20)9-11(18)15(22)23;;/h2-3,8,11H,4-7,9,18H2,1H3,(H,22,23);2*1H. The summed E-state index contributed by atoms with van der Waals surface area (Å²) >= 11 is 11.7. The zero-order valence-corrected chi connectivity index (χ0v) is 16.8. The molecule has 0 saturated carbocycles. The highest BCUT2D eigenvalue weighted by Crippen LogP contribution is 2.23. The number of anilines is 1. The van der Waals surface area contributed by atoms with Gasteiger partial charge in [-0.1, -0.05) is 0 Å². The van der Waals surface area contributed by atoms with E-state index in [0.717, 1.165) is 16.7 Å². The van der Waals surface area contributed by atoms with Crippen LogP contribution in [0.4, 0.5) is 5.69 Å². The zero-order chi connectivity index (χ0) is 17.0. The Labute approximate surface area is 169 Å². The van der Waals surface area contributed by atoms with E-state index in [2.05, 4.69) is 9.88 Å². The molecule has 2 aromatic rings. The predicted octanol–water partition coefficient (Wildman–Crippen LogP) is 2.66. The van der Waals surface area contributed by atoms with Crippen molar-refractivity contribution >= 4 is 70.7 Å². The van der Waals surface area contributed by atoms with Crippen LogP contribution in [0.5, 0.6) is 0 Å². The molecule has 0 saturated heterocycles. The number of nitrogens with zero attached hydrogens (tertiary/aromatic N) is 3. The topological polar surface area (TPSA) is 84.4 Å². The number of halogens is 4. The summed E-state index contributed by atoms with van der Waals surface area (Å²) in [6.07, 6.45) is 0.183. The maximum atomic E-state index is 10.9. The summed E-state index contributed by atoms with van der Waals surface area (Å²) in [4.78, 5) is 17.5. The van der Waals surface area contributed by atoms with E-state index in [9.17, 15) is 4.79 Å². The van der Waals surface area contributed by atoms with E-state index in [0.29, 0.717) is 30.7 Å². The second-order valence-corrected chi connectivity index (χ2v) is 6.03. The Bertz CT molecular complexity index is 689. The molecule has 0 fully saturated rings. The fraction of sp³-hybridized carbons (Fsp3) is 0.467. The van der Waals surface area contributed by atoms with Crippen molar-refractivity contribution in [3.63, 3.8) is 0 Å². The van der Waals surface area contributed by atoms with Crippen molar-refractivity contribution in [1.82, 2.24) is 9.55 Å². The molecule has 1 aromatic heterocycles. The number of imidazole rings is 1. The van der Waals surface area contributed by atoms with Crippen LogP contribution in [0.2, 0.25) is 0 Å². The van der Waals surface area contributed by atoms with Crippen LogP contribution >= 0.6 is 48.0 Å². The molecule has 0 bridgehead atoms. The molecule has 1 heterocycles. The second-order valence-electron chi connectivity index (χ2n) is 5.27. The highest BCUT2D eigenvalue weighted by Gasteiger charge is 2.17. The SMILES string of the molecule is Cl.Cl.Cn1c(CC(N)C(=O)O)nc2cc(N(CCCl)CCCl)ccc21. The number of hydrogen-bond donors (Lipinski definition) is 2. The molecule has 1 aromatic carbocycles. The lowest BCUT2D eigenvalue weighted by Crippen LogP contribution is -2.33. The van der Waals surface area contributed by atoms with Crippen molar-refractivity contribution < 1.29 is 9.90 Å². The van der Waals surface area contributed by atoms with Crippen molar-refractivity contribution in [2.75, 3.05) is 29.7 Å². The van der Waals surface area contributed by atoms with Gasteiger partial charge in [0.2, 0.25) is 0 Å². The van der Waals surface area contributed by atoms with Gasteiger partial charge in [-0.15, -0.1) is 48.0 Å². The largest absolute Gasteiger partial charge is 0.480 e. The lowest BCUT2D eigenvalue weighted by Gasteiger charge is -2.22. The number of aliphatic carboxylic acids is 1. The Kier molecular flexibility index (Phi) is 10.5. The minimum Gasteiger partial charge on any atom is -0.480 e. The third-order valence-electron chi connectivity index (χ3n) is 3.75. The van der Waals surface area contributed by atoms with Crippen LogP contribution in [-0.2, 0) is 18.3 Å². The highest BCUT2D eigenvalue weighted by molar-refractivity contribution is 6.18. The minimum absolute atomic E-state index is 0. The second kappa shape index (κ2) is 10.9. The number of fused-ring (bicyclic) bond motifs is 1. The Balaban J connectivity index is 0.00000288. The summed E-state index contributed by atoms with van der Waals surface area (Å²) in [5.74, 6) is 0.632. The number of nitrogens with two attached hydrogens (primary N) is 1. The van der Waals surface area contributed by atoms with Gasteiger partial charge in [-0.2, -0.15) is 0 Å². The summed E-state index contributed by atoms with van der Waals surface area (Å²) in [6, 6.07) is 4.95. The minimum atomic E-state index is -1.03. The Morgan fingerprint density at radius 3 is 2.44 bits per heavy atom. The van der Waals surface area contributed by atoms with Crippen molar-refractivity contribution in [2.45, 2.75) is 12.5 Å². The number of benzene rings is 1. The Morgan fingerprint density at radius 1 is 1.32 bits per heavy atom. The summed E-state index contributed by atoms with van der Waals surface area (Å²) in [6.45, 7) is 1.40. The highest BCUT2D eigenvalue weighted by atomic mass is 35.5. The van der Waals surface area contributed by atoms with Crippen molar-refractivity contribution in [3.05, 3.63) is 24.0 Å². The van der Waals surface area contributed by atoms with Crippen molar-refractivity contribution in [1.29, 1.82) is 0 Å². The van der Waals surface area contributed by atoms with Crippen LogP contribution in [0.15, 0.2) is 18.2 Å². The van der Waals surface area contributed by atoms with Crippen LogP contribution in [0.3, 0.4) is 0 Å². The number of rotatable bonds is 8. The monoisotopic (exact) mass is 430 g/mol. The number of aryl methyl sites for hydroxylation is 1. The van der Waals surface area contributed by atoms with Gasteiger partial charge in [0.05, 0.1) is 11.0 Å². The molecule has 1 unspecified atom stereocenters. The maximum absolute atomic E-state index is 10.9. The number of carbonyl (C=O) groups is 1. The van der Waals surface area contributed by atoms with E-state index < -0.39 is 12.0 Å². The number of carboxylic acid groups (broad SMARTS) is 1. The number of aromatic nitrogens is 2. The fourth-order valence-corrected chi connectivity index (χ4v) is 2.88. The van der Waals surface area contributed by atoms with E-state index in [-0.39, 0.29) is 31.2 Å². The average molecular weight is 432 g/mol. The smallest absolute Gasteiger partial charge is 0.320 e. The molecular weight excluding hydrogens is 410 g/mol. The van der Waals surface area contributed by atoms with Gasteiger partial charge in [0, 0.05) is 44.0 Å². The first-order valence-corrected chi connectivity index (χ1v) is 8.35. The lowest BCUT2D eigenvalue weighted by atomic mass is 10.2. The van der Waals surface area contributed by atoms with Gasteiger partial charge in [-0.25, -0.2) is 4.98 Å². The van der Waals surface area contributed by atoms with Gasteiger partial charge < -0.3 is 20.3 Å². The summed E-state index contributed by atoms with van der Waals surface area (Å²) < 4.78 is 1.87. The van der Waals surface area contributed by atoms with Crippen LogP contribution < -0.4 is 10.6 Å². The fourth-order valence-electron chi connectivity index (χ4n) is 2.48. The number of alkyl halides is 2. The van der Waals surface area contributed by atoms with Crippen molar-refractivity contribution in [2.24, 2.45) is 12.8 Å². The van der Waals surface area contributed by atoms with E-state index >= 15 is 0 Å². The van der Waals surface area contributed by atoms with Gasteiger partial charge in [0.15, 0.2) is 0 Å². The normalized spacial score (nSPS) is 11.5. The van der Waals surface area contributed by atoms with E-state index in [1.807, 2.05) is 29.8 Å². The van der Waals surface area contributed by atoms with Crippen LogP contribution in [0, 0.1) is 0 Å². The van der Waals surface area contributed by atoms with E-state index in [4.69, 9.17) is 34.0 Å². The summed E-state index contributed by atoms with van der Waals surface area (Å²) in [7, 11) is 1.86. The first-order valence-electron chi connectivity index (χ1n) is 7.28. The van der Waals surface area contributed by atoms with Crippen LogP contribution in [0.25, 0.3) is 11.0 Å². The third kappa shape index (κ3) is 5.79. The third-order valence-corrected chi connectivity index (χ3v) is 4.09. The maximum Gasteiger partial charge on any atom is 0.320 e. The molecule has 1 atom stereocenters. The first-order chi connectivity index (χ1) is 11.0. The Morgan fingerprint density at radius 2 is 1.92 bits per heavy atom. The molecule has 0 aliphatic rings. The lowest BCUT2D eigenvalue weighted by molar-refractivity contribution is -0.138. The molecule has 25 heavy (non-hydrogen) atoms. The number of carboxylic acids is 1. The molecule has 2 rings (SSSR count). The van der Waals surface area contributed by atoms with Gasteiger partial charge in [0.1, 0.15) is 11.9 Å². The predicted molar refractivity (Wildman–Crippen MR) is 108 cm³/mol. The van der Waals surface area contributed by atoms with Gasteiger partial charge in [-0.05, 0) is 18.2 Å². The van der Waals surface area contributed by atoms with Crippen LogP contribution in [0.1, 0.15) is 5.82 Å². The molecule has 6 nitrogen and oxygen atoms in total. The summed E-state index contributed by atoms with van der Waals surface area (Å²) in [5.41, 5.74) is 8.32. The van der Waals surface area contributed by atoms with Crippen molar-refractivity contribution in [3.8, 4) is 0 Å². The molecule has 3 N–H and O–H groups in total. The van der Waals surface area contributed by atoms with Crippen LogP contribution in [-0.4, -0.2) is 51.5 Å². The van der Waals surface area contributed by atoms with Gasteiger partial charge >= 0.3 is 5.97 Å². The van der Waals surface area contributed by atoms with E-state index in [1.165, 1.54) is 0 Å². The van der Waals surface area contributed by atoms with Gasteiger partial charge in [0.25, 0.3) is 0 Å². The molecule has 0 aliphatic heterocycles. The molecule has 0 radical (unpaired) electrons. The molecule has 0 aliphatic carbocycles. The van der Waals surface area contributed by atoms with E-state index in [1.54, 1.807) is 0 Å². The molecule has 0 amide bonds. The number of hydrogen-bond acceptors (Lipinski definition) is 4. The summed E-state index contributed by atoms with van der Waals surface area (Å²) in [5, 5.41) is 8.95.